The van der Waals surface area contributed by atoms with Crippen LogP contribution in [-0.4, -0.2) is 12.4 Å². The Morgan fingerprint density at radius 2 is 2.14 bits per heavy atom. The number of hydrogen-bond donors (Lipinski definition) is 0. The van der Waals surface area contributed by atoms with Gasteiger partial charge in [-0.1, -0.05) is 11.6 Å². The molecule has 1 rings (SSSR count). The van der Waals surface area contributed by atoms with Crippen LogP contribution in [0.15, 0.2) is 18.2 Å². The normalized spacial score (nSPS) is 10.4. The topological polar surface area (TPSA) is 26.3 Å². The van der Waals surface area contributed by atoms with Crippen LogP contribution in [-0.2, 0) is 0 Å². The Kier molecular flexibility index (Phi) is 3.41. The lowest BCUT2D eigenvalue weighted by Gasteiger charge is -2.06. The summed E-state index contributed by atoms with van der Waals surface area (Å²) in [6.07, 6.45) is 0. The first-order chi connectivity index (χ1) is 6.50. The minimum atomic E-state index is -2.92. The van der Waals surface area contributed by atoms with Crippen molar-refractivity contribution in [2.24, 2.45) is 0 Å². The molecule has 0 radical (unpaired) electrons. The molecule has 0 amide bonds. The summed E-state index contributed by atoms with van der Waals surface area (Å²) in [5, 5.41) is -0.00185. The van der Waals surface area contributed by atoms with Gasteiger partial charge in [-0.25, -0.2) is 0 Å². The van der Waals surface area contributed by atoms with E-state index in [1.807, 2.05) is 0 Å². The molecule has 0 aromatic heterocycles. The molecule has 0 unspecified atom stereocenters. The Labute approximate surface area is 84.4 Å². The van der Waals surface area contributed by atoms with Gasteiger partial charge in [-0.15, -0.1) is 0 Å². The summed E-state index contributed by atoms with van der Waals surface area (Å²) < 4.78 is 27.7. The molecule has 0 atom stereocenters. The third kappa shape index (κ3) is 2.67. The van der Waals surface area contributed by atoms with Gasteiger partial charge in [0.05, 0.1) is 5.02 Å². The van der Waals surface area contributed by atoms with E-state index in [1.54, 1.807) is 0 Å². The number of rotatable bonds is 3. The van der Waals surface area contributed by atoms with E-state index < -0.39 is 6.61 Å². The molecular weight excluding hydrogens is 214 g/mol. The van der Waals surface area contributed by atoms with E-state index in [9.17, 15) is 13.6 Å². The number of Topliss-reactive ketones (excluding diaryl/α,β-unsaturated/α-hetero) is 1. The van der Waals surface area contributed by atoms with Gasteiger partial charge in [-0.05, 0) is 25.1 Å². The van der Waals surface area contributed by atoms with E-state index in [1.165, 1.54) is 25.1 Å². The summed E-state index contributed by atoms with van der Waals surface area (Å²) in [4.78, 5) is 10.9. The van der Waals surface area contributed by atoms with Gasteiger partial charge >= 0.3 is 6.61 Å². The molecule has 0 saturated carbocycles. The average Bonchev–Trinajstić information content (AvgIpc) is 2.07. The first-order valence-electron chi connectivity index (χ1n) is 3.76. The van der Waals surface area contributed by atoms with E-state index in [2.05, 4.69) is 4.74 Å². The predicted molar refractivity (Wildman–Crippen MR) is 48.1 cm³/mol. The lowest BCUT2D eigenvalue weighted by molar-refractivity contribution is -0.0497. The van der Waals surface area contributed by atoms with Crippen molar-refractivity contribution in [1.29, 1.82) is 0 Å². The number of carbonyl (C=O) groups is 1. The quantitative estimate of drug-likeness (QED) is 0.732. The van der Waals surface area contributed by atoms with Crippen molar-refractivity contribution in [3.63, 3.8) is 0 Å². The number of alkyl halides is 2. The van der Waals surface area contributed by atoms with Gasteiger partial charge in [-0.3, -0.25) is 4.79 Å². The number of ketones is 1. The van der Waals surface area contributed by atoms with Crippen LogP contribution in [0.3, 0.4) is 0 Å². The maximum Gasteiger partial charge on any atom is 0.387 e. The van der Waals surface area contributed by atoms with Gasteiger partial charge < -0.3 is 4.74 Å². The van der Waals surface area contributed by atoms with Crippen LogP contribution in [0.4, 0.5) is 8.78 Å². The van der Waals surface area contributed by atoms with Gasteiger partial charge in [0.25, 0.3) is 0 Å². The minimum Gasteiger partial charge on any atom is -0.433 e. The Bertz CT molecular complexity index is 353. The highest BCUT2D eigenvalue weighted by Gasteiger charge is 2.10. The SMILES string of the molecule is CC(=O)c1ccc(OC(F)F)c(Cl)c1. The van der Waals surface area contributed by atoms with Crippen LogP contribution in [0.5, 0.6) is 5.75 Å². The molecule has 0 N–H and O–H groups in total. The van der Waals surface area contributed by atoms with Crippen molar-refractivity contribution in [1.82, 2.24) is 0 Å². The fraction of sp³-hybridized carbons (Fsp3) is 0.222. The molecule has 1 aromatic carbocycles. The molecule has 0 aliphatic rings. The van der Waals surface area contributed by atoms with Crippen LogP contribution in [0.25, 0.3) is 0 Å². The third-order valence-corrected chi connectivity index (χ3v) is 1.85. The van der Waals surface area contributed by atoms with Crippen LogP contribution >= 0.6 is 11.6 Å². The lowest BCUT2D eigenvalue weighted by Crippen LogP contribution is -2.03. The molecule has 76 valence electrons. The summed E-state index contributed by atoms with van der Waals surface area (Å²) in [5.41, 5.74) is 0.358. The second kappa shape index (κ2) is 4.37. The molecule has 0 spiro atoms. The molecule has 0 fully saturated rings. The Morgan fingerprint density at radius 1 is 1.50 bits per heavy atom. The maximum absolute atomic E-state index is 11.8. The summed E-state index contributed by atoms with van der Waals surface area (Å²) in [5.74, 6) is -0.317. The molecule has 14 heavy (non-hydrogen) atoms. The molecule has 0 aliphatic carbocycles. The molecule has 0 aliphatic heterocycles. The molecule has 0 bridgehead atoms. The number of halogens is 3. The Morgan fingerprint density at radius 3 is 2.57 bits per heavy atom. The van der Waals surface area contributed by atoms with E-state index in [4.69, 9.17) is 11.6 Å². The molecule has 0 saturated heterocycles. The van der Waals surface area contributed by atoms with Gasteiger partial charge in [0.2, 0.25) is 0 Å². The van der Waals surface area contributed by atoms with Crippen molar-refractivity contribution in [2.75, 3.05) is 0 Å². The zero-order valence-corrected chi connectivity index (χ0v) is 8.02. The van der Waals surface area contributed by atoms with Gasteiger partial charge in [0, 0.05) is 5.56 Å². The third-order valence-electron chi connectivity index (χ3n) is 1.55. The van der Waals surface area contributed by atoms with Crippen molar-refractivity contribution in [2.45, 2.75) is 13.5 Å². The van der Waals surface area contributed by atoms with Crippen molar-refractivity contribution < 1.29 is 18.3 Å². The van der Waals surface area contributed by atoms with Crippen LogP contribution in [0.1, 0.15) is 17.3 Å². The predicted octanol–water partition coefficient (Wildman–Crippen LogP) is 3.14. The molecule has 0 heterocycles. The van der Waals surface area contributed by atoms with E-state index in [0.29, 0.717) is 5.56 Å². The Balaban J connectivity index is 2.95. The number of hydrogen-bond acceptors (Lipinski definition) is 2. The smallest absolute Gasteiger partial charge is 0.387 e. The summed E-state index contributed by atoms with van der Waals surface area (Å²) in [6.45, 7) is -1.56. The first kappa shape index (κ1) is 10.9. The van der Waals surface area contributed by atoms with Gasteiger partial charge in [0.15, 0.2) is 5.78 Å². The Hall–Kier alpha value is -1.16. The fourth-order valence-corrected chi connectivity index (χ4v) is 1.14. The van der Waals surface area contributed by atoms with Gasteiger partial charge in [-0.2, -0.15) is 8.78 Å². The molecular formula is C9H7ClF2O2. The number of carbonyl (C=O) groups excluding carboxylic acids is 1. The summed E-state index contributed by atoms with van der Waals surface area (Å²) >= 11 is 5.61. The number of ether oxygens (including phenoxy) is 1. The fourth-order valence-electron chi connectivity index (χ4n) is 0.911. The van der Waals surface area contributed by atoms with Crippen molar-refractivity contribution in [3.05, 3.63) is 28.8 Å². The van der Waals surface area contributed by atoms with Crippen LogP contribution < -0.4 is 4.74 Å². The zero-order valence-electron chi connectivity index (χ0n) is 7.26. The molecule has 5 heteroatoms. The van der Waals surface area contributed by atoms with E-state index in [0.717, 1.165) is 0 Å². The average molecular weight is 221 g/mol. The second-order valence-electron chi connectivity index (χ2n) is 2.58. The molecule has 1 aromatic rings. The van der Waals surface area contributed by atoms with E-state index in [-0.39, 0.29) is 16.6 Å². The standard InChI is InChI=1S/C9H7ClF2O2/c1-5(13)6-2-3-8(7(10)4-6)14-9(11)12/h2-4,9H,1H3. The van der Waals surface area contributed by atoms with E-state index >= 15 is 0 Å². The highest BCUT2D eigenvalue weighted by Crippen LogP contribution is 2.26. The molecule has 2 nitrogen and oxygen atoms in total. The summed E-state index contributed by atoms with van der Waals surface area (Å²) in [7, 11) is 0. The van der Waals surface area contributed by atoms with Gasteiger partial charge in [0.1, 0.15) is 5.75 Å². The largest absolute Gasteiger partial charge is 0.433 e. The zero-order chi connectivity index (χ0) is 10.7. The van der Waals surface area contributed by atoms with Crippen molar-refractivity contribution >= 4 is 17.4 Å². The number of benzene rings is 1. The highest BCUT2D eigenvalue weighted by atomic mass is 35.5. The second-order valence-corrected chi connectivity index (χ2v) is 2.99. The lowest BCUT2D eigenvalue weighted by atomic mass is 10.1. The summed E-state index contributed by atoms with van der Waals surface area (Å²) in [6, 6.07) is 3.92. The van der Waals surface area contributed by atoms with Crippen molar-refractivity contribution in [3.8, 4) is 5.75 Å². The first-order valence-corrected chi connectivity index (χ1v) is 4.14. The monoisotopic (exact) mass is 220 g/mol. The maximum atomic E-state index is 11.8. The highest BCUT2D eigenvalue weighted by molar-refractivity contribution is 6.32. The van der Waals surface area contributed by atoms with Crippen LogP contribution in [0.2, 0.25) is 5.02 Å². The minimum absolute atomic E-state index is 0.00185. The van der Waals surface area contributed by atoms with Crippen LogP contribution in [0, 0.1) is 0 Å².